The van der Waals surface area contributed by atoms with Gasteiger partial charge in [0.15, 0.2) is 11.5 Å². The van der Waals surface area contributed by atoms with Gasteiger partial charge in [0, 0.05) is 18.8 Å². The Labute approximate surface area is 104 Å². The first-order valence-corrected chi connectivity index (χ1v) is 5.67. The fraction of sp³-hybridized carbons (Fsp3) is 0.154. The molecular weight excluding hydrogens is 228 g/mol. The van der Waals surface area contributed by atoms with E-state index in [1.165, 1.54) is 0 Å². The summed E-state index contributed by atoms with van der Waals surface area (Å²) < 4.78 is 5.43. The number of hydrogen-bond acceptors (Lipinski definition) is 5. The summed E-state index contributed by atoms with van der Waals surface area (Å²) in [5.41, 5.74) is 3.61. The Morgan fingerprint density at radius 2 is 2.22 bits per heavy atom. The molecule has 0 amide bonds. The molecule has 5 nitrogen and oxygen atoms in total. The number of oxazole rings is 1. The van der Waals surface area contributed by atoms with E-state index in [4.69, 9.17) is 4.42 Å². The Morgan fingerprint density at radius 3 is 3.06 bits per heavy atom. The van der Waals surface area contributed by atoms with Crippen molar-refractivity contribution < 1.29 is 4.42 Å². The van der Waals surface area contributed by atoms with Gasteiger partial charge in [0.25, 0.3) is 0 Å². The molecular formula is C13H12N4O. The van der Waals surface area contributed by atoms with Crippen molar-refractivity contribution in [2.24, 2.45) is 0 Å². The molecule has 0 aliphatic rings. The molecule has 0 fully saturated rings. The number of rotatable bonds is 3. The zero-order chi connectivity index (χ0) is 12.4. The Kier molecular flexibility index (Phi) is 2.64. The zero-order valence-electron chi connectivity index (χ0n) is 9.92. The van der Waals surface area contributed by atoms with Gasteiger partial charge in [-0.1, -0.05) is 0 Å². The Bertz CT molecular complexity index is 663. The van der Waals surface area contributed by atoms with Crippen molar-refractivity contribution in [2.45, 2.75) is 13.5 Å². The minimum absolute atomic E-state index is 0.658. The molecule has 0 aliphatic heterocycles. The maximum Gasteiger partial charge on any atom is 0.192 e. The average molecular weight is 240 g/mol. The third kappa shape index (κ3) is 2.15. The molecule has 18 heavy (non-hydrogen) atoms. The summed E-state index contributed by atoms with van der Waals surface area (Å²) in [6, 6.07) is 7.73. The molecule has 3 aromatic rings. The van der Waals surface area contributed by atoms with Crippen molar-refractivity contribution in [3.05, 3.63) is 48.4 Å². The standard InChI is InChI=1S/C13H12N4O/c1-9-17-12-6-10(2-3-13(12)18-9)15-7-11-4-5-14-8-16-11/h2-6,8,15H,7H2,1H3. The largest absolute Gasteiger partial charge is 0.441 e. The average Bonchev–Trinajstić information content (AvgIpc) is 2.77. The van der Waals surface area contributed by atoms with Gasteiger partial charge in [-0.25, -0.2) is 15.0 Å². The topological polar surface area (TPSA) is 63.8 Å². The number of nitrogens with one attached hydrogen (secondary N) is 1. The van der Waals surface area contributed by atoms with E-state index < -0.39 is 0 Å². The highest BCUT2D eigenvalue weighted by atomic mass is 16.3. The molecule has 0 bridgehead atoms. The van der Waals surface area contributed by atoms with Gasteiger partial charge in [-0.15, -0.1) is 0 Å². The lowest BCUT2D eigenvalue weighted by Gasteiger charge is -2.04. The molecule has 0 spiro atoms. The number of hydrogen-bond donors (Lipinski definition) is 1. The fourth-order valence-electron chi connectivity index (χ4n) is 1.77. The zero-order valence-corrected chi connectivity index (χ0v) is 9.92. The third-order valence-corrected chi connectivity index (χ3v) is 2.61. The Balaban J connectivity index is 1.78. The van der Waals surface area contributed by atoms with Gasteiger partial charge in [0.2, 0.25) is 0 Å². The third-order valence-electron chi connectivity index (χ3n) is 2.61. The van der Waals surface area contributed by atoms with Crippen LogP contribution in [0.2, 0.25) is 0 Å². The van der Waals surface area contributed by atoms with Crippen LogP contribution in [0.3, 0.4) is 0 Å². The number of nitrogens with zero attached hydrogens (tertiary/aromatic N) is 3. The van der Waals surface area contributed by atoms with E-state index in [1.54, 1.807) is 12.5 Å². The van der Waals surface area contributed by atoms with Crippen molar-refractivity contribution >= 4 is 16.8 Å². The summed E-state index contributed by atoms with van der Waals surface area (Å²) in [7, 11) is 0. The van der Waals surface area contributed by atoms with Crippen molar-refractivity contribution in [1.82, 2.24) is 15.0 Å². The van der Waals surface area contributed by atoms with Crippen molar-refractivity contribution in [1.29, 1.82) is 0 Å². The smallest absolute Gasteiger partial charge is 0.192 e. The van der Waals surface area contributed by atoms with Crippen LogP contribution in [0.1, 0.15) is 11.6 Å². The summed E-state index contributed by atoms with van der Waals surface area (Å²) in [5.74, 6) is 0.679. The van der Waals surface area contributed by atoms with Crippen LogP contribution in [0.25, 0.3) is 11.1 Å². The summed E-state index contributed by atoms with van der Waals surface area (Å²) in [5, 5.41) is 3.29. The van der Waals surface area contributed by atoms with Gasteiger partial charge in [-0.2, -0.15) is 0 Å². The number of anilines is 1. The van der Waals surface area contributed by atoms with E-state index in [9.17, 15) is 0 Å². The maximum atomic E-state index is 5.43. The van der Waals surface area contributed by atoms with Gasteiger partial charge in [0.1, 0.15) is 11.8 Å². The molecule has 0 saturated carbocycles. The van der Waals surface area contributed by atoms with Crippen molar-refractivity contribution in [2.75, 3.05) is 5.32 Å². The van der Waals surface area contributed by atoms with Crippen LogP contribution in [0.5, 0.6) is 0 Å². The van der Waals surface area contributed by atoms with E-state index in [1.807, 2.05) is 31.2 Å². The first kappa shape index (κ1) is 10.7. The predicted octanol–water partition coefficient (Wildman–Crippen LogP) is 2.54. The molecule has 0 unspecified atom stereocenters. The molecule has 90 valence electrons. The molecule has 1 N–H and O–H groups in total. The second-order valence-corrected chi connectivity index (χ2v) is 3.97. The Morgan fingerprint density at radius 1 is 1.28 bits per heavy atom. The van der Waals surface area contributed by atoms with Crippen LogP contribution in [0.15, 0.2) is 41.2 Å². The first-order valence-electron chi connectivity index (χ1n) is 5.67. The first-order chi connectivity index (χ1) is 8.81. The van der Waals surface area contributed by atoms with Crippen LogP contribution in [0.4, 0.5) is 5.69 Å². The fourth-order valence-corrected chi connectivity index (χ4v) is 1.77. The van der Waals surface area contributed by atoms with E-state index in [0.717, 1.165) is 22.5 Å². The Hall–Kier alpha value is -2.43. The maximum absolute atomic E-state index is 5.43. The van der Waals surface area contributed by atoms with Crippen molar-refractivity contribution in [3.8, 4) is 0 Å². The number of aryl methyl sites for hydroxylation is 1. The lowest BCUT2D eigenvalue weighted by Crippen LogP contribution is -2.01. The van der Waals surface area contributed by atoms with E-state index in [-0.39, 0.29) is 0 Å². The predicted molar refractivity (Wildman–Crippen MR) is 68.1 cm³/mol. The number of fused-ring (bicyclic) bond motifs is 1. The molecule has 0 aliphatic carbocycles. The van der Waals surface area contributed by atoms with Gasteiger partial charge < -0.3 is 9.73 Å². The summed E-state index contributed by atoms with van der Waals surface area (Å²) in [6.45, 7) is 2.50. The number of aromatic nitrogens is 3. The quantitative estimate of drug-likeness (QED) is 0.762. The SMILES string of the molecule is Cc1nc2cc(NCc3ccncn3)ccc2o1. The highest BCUT2D eigenvalue weighted by Gasteiger charge is 2.03. The number of benzene rings is 1. The molecule has 2 heterocycles. The molecule has 0 atom stereocenters. The lowest BCUT2D eigenvalue weighted by molar-refractivity contribution is 0.561. The van der Waals surface area contributed by atoms with Gasteiger partial charge >= 0.3 is 0 Å². The van der Waals surface area contributed by atoms with Crippen LogP contribution in [-0.2, 0) is 6.54 Å². The molecule has 2 aromatic heterocycles. The molecule has 0 radical (unpaired) electrons. The second kappa shape index (κ2) is 4.44. The molecule has 3 rings (SSSR count). The molecule has 5 heteroatoms. The van der Waals surface area contributed by atoms with E-state index in [2.05, 4.69) is 20.3 Å². The molecule has 0 saturated heterocycles. The summed E-state index contributed by atoms with van der Waals surface area (Å²) >= 11 is 0. The van der Waals surface area contributed by atoms with Gasteiger partial charge in [-0.3, -0.25) is 0 Å². The molecule has 1 aromatic carbocycles. The monoisotopic (exact) mass is 240 g/mol. The van der Waals surface area contributed by atoms with Crippen LogP contribution >= 0.6 is 0 Å². The minimum atomic E-state index is 0.658. The van der Waals surface area contributed by atoms with E-state index in [0.29, 0.717) is 12.4 Å². The van der Waals surface area contributed by atoms with Crippen LogP contribution in [0, 0.1) is 6.92 Å². The summed E-state index contributed by atoms with van der Waals surface area (Å²) in [4.78, 5) is 12.3. The van der Waals surface area contributed by atoms with Crippen molar-refractivity contribution in [3.63, 3.8) is 0 Å². The highest BCUT2D eigenvalue weighted by molar-refractivity contribution is 5.77. The van der Waals surface area contributed by atoms with E-state index >= 15 is 0 Å². The van der Waals surface area contributed by atoms with Gasteiger partial charge in [0.05, 0.1) is 12.2 Å². The normalized spacial score (nSPS) is 10.7. The second-order valence-electron chi connectivity index (χ2n) is 3.97. The summed E-state index contributed by atoms with van der Waals surface area (Å²) in [6.07, 6.45) is 3.27. The van der Waals surface area contributed by atoms with Crippen LogP contribution in [-0.4, -0.2) is 15.0 Å². The highest BCUT2D eigenvalue weighted by Crippen LogP contribution is 2.19. The van der Waals surface area contributed by atoms with Crippen LogP contribution < -0.4 is 5.32 Å². The minimum Gasteiger partial charge on any atom is -0.441 e. The lowest BCUT2D eigenvalue weighted by atomic mass is 10.3. The van der Waals surface area contributed by atoms with Gasteiger partial charge in [-0.05, 0) is 24.3 Å².